The zero-order valence-corrected chi connectivity index (χ0v) is 9.91. The summed E-state index contributed by atoms with van der Waals surface area (Å²) in [5, 5.41) is 8.84. The number of hydrogen-bond donors (Lipinski definition) is 1. The molecule has 1 rings (SSSR count). The van der Waals surface area contributed by atoms with Crippen LogP contribution in [0.2, 0.25) is 0 Å². The molecule has 3 heteroatoms. The Labute approximate surface area is 92.5 Å². The summed E-state index contributed by atoms with van der Waals surface area (Å²) >= 11 is 0. The fourth-order valence-corrected chi connectivity index (χ4v) is 2.32. The van der Waals surface area contributed by atoms with Gasteiger partial charge in [-0.25, -0.2) is 0 Å². The molecule has 0 aromatic heterocycles. The molecule has 1 heterocycles. The summed E-state index contributed by atoms with van der Waals surface area (Å²) in [7, 11) is 0. The molecule has 3 nitrogen and oxygen atoms in total. The summed E-state index contributed by atoms with van der Waals surface area (Å²) in [6.07, 6.45) is 3.96. The lowest BCUT2D eigenvalue weighted by atomic mass is 10.0. The highest BCUT2D eigenvalue weighted by Crippen LogP contribution is 2.21. The van der Waals surface area contributed by atoms with E-state index in [1.807, 2.05) is 11.8 Å². The number of rotatable bonds is 5. The van der Waals surface area contributed by atoms with E-state index in [9.17, 15) is 4.79 Å². The summed E-state index contributed by atoms with van der Waals surface area (Å²) in [6, 6.07) is 0. The fourth-order valence-electron chi connectivity index (χ4n) is 2.32. The summed E-state index contributed by atoms with van der Waals surface area (Å²) in [6.45, 7) is 6.12. The Morgan fingerprint density at radius 1 is 1.60 bits per heavy atom. The Balaban J connectivity index is 2.35. The summed E-state index contributed by atoms with van der Waals surface area (Å²) in [4.78, 5) is 13.9. The Kier molecular flexibility index (Phi) is 5.09. The SMILES string of the molecule is CCCC(C)C(=O)N1CCC(CCO)C1. The predicted octanol–water partition coefficient (Wildman–Crippen LogP) is 1.65. The first-order valence-corrected chi connectivity index (χ1v) is 6.08. The molecule has 0 radical (unpaired) electrons. The summed E-state index contributed by atoms with van der Waals surface area (Å²) in [5.74, 6) is 0.993. The van der Waals surface area contributed by atoms with Crippen LogP contribution in [0.1, 0.15) is 39.5 Å². The van der Waals surface area contributed by atoms with Gasteiger partial charge in [0.1, 0.15) is 0 Å². The molecule has 1 fully saturated rings. The standard InChI is InChI=1S/C12H23NO2/c1-3-4-10(2)12(15)13-7-5-11(9-13)6-8-14/h10-11,14H,3-9H2,1-2H3. The van der Waals surface area contributed by atoms with E-state index in [1.54, 1.807) is 0 Å². The average molecular weight is 213 g/mol. The molecule has 0 aromatic rings. The zero-order chi connectivity index (χ0) is 11.3. The molecule has 0 bridgehead atoms. The van der Waals surface area contributed by atoms with Gasteiger partial charge in [-0.2, -0.15) is 0 Å². The molecule has 0 aliphatic carbocycles. The molecule has 0 aromatic carbocycles. The van der Waals surface area contributed by atoms with Crippen molar-refractivity contribution < 1.29 is 9.90 Å². The number of hydrogen-bond acceptors (Lipinski definition) is 2. The van der Waals surface area contributed by atoms with Crippen LogP contribution in [0.5, 0.6) is 0 Å². The monoisotopic (exact) mass is 213 g/mol. The van der Waals surface area contributed by atoms with Gasteiger partial charge in [0, 0.05) is 25.6 Å². The molecule has 0 spiro atoms. The lowest BCUT2D eigenvalue weighted by molar-refractivity contribution is -0.134. The van der Waals surface area contributed by atoms with Gasteiger partial charge in [0.05, 0.1) is 0 Å². The van der Waals surface area contributed by atoms with Crippen molar-refractivity contribution in [2.24, 2.45) is 11.8 Å². The Morgan fingerprint density at radius 3 is 2.93 bits per heavy atom. The van der Waals surface area contributed by atoms with Gasteiger partial charge in [0.2, 0.25) is 5.91 Å². The number of nitrogens with zero attached hydrogens (tertiary/aromatic N) is 1. The van der Waals surface area contributed by atoms with Crippen molar-refractivity contribution in [1.82, 2.24) is 4.90 Å². The van der Waals surface area contributed by atoms with E-state index in [2.05, 4.69) is 6.92 Å². The predicted molar refractivity (Wildman–Crippen MR) is 60.5 cm³/mol. The van der Waals surface area contributed by atoms with Crippen molar-refractivity contribution in [3.05, 3.63) is 0 Å². The molecule has 1 aliphatic heterocycles. The van der Waals surface area contributed by atoms with Crippen LogP contribution < -0.4 is 0 Å². The largest absolute Gasteiger partial charge is 0.396 e. The number of carbonyl (C=O) groups excluding carboxylic acids is 1. The van der Waals surface area contributed by atoms with Gasteiger partial charge in [0.25, 0.3) is 0 Å². The number of carbonyl (C=O) groups is 1. The topological polar surface area (TPSA) is 40.5 Å². The van der Waals surface area contributed by atoms with Crippen LogP contribution in [0.3, 0.4) is 0 Å². The molecule has 2 atom stereocenters. The zero-order valence-electron chi connectivity index (χ0n) is 9.91. The first-order chi connectivity index (χ1) is 7.19. The van der Waals surface area contributed by atoms with Crippen molar-refractivity contribution in [2.45, 2.75) is 39.5 Å². The molecule has 1 saturated heterocycles. The molecule has 15 heavy (non-hydrogen) atoms. The summed E-state index contributed by atoms with van der Waals surface area (Å²) in [5.41, 5.74) is 0. The molecule has 1 aliphatic rings. The fraction of sp³-hybridized carbons (Fsp3) is 0.917. The third-order valence-electron chi connectivity index (χ3n) is 3.28. The van der Waals surface area contributed by atoms with Crippen molar-refractivity contribution in [3.8, 4) is 0 Å². The lowest BCUT2D eigenvalue weighted by Crippen LogP contribution is -2.33. The van der Waals surface area contributed by atoms with Crippen LogP contribution in [0.15, 0.2) is 0 Å². The Morgan fingerprint density at radius 2 is 2.33 bits per heavy atom. The molecule has 1 amide bonds. The first-order valence-electron chi connectivity index (χ1n) is 6.08. The van der Waals surface area contributed by atoms with E-state index in [0.29, 0.717) is 11.8 Å². The van der Waals surface area contributed by atoms with E-state index in [4.69, 9.17) is 5.11 Å². The Bertz CT molecular complexity index is 206. The van der Waals surface area contributed by atoms with Gasteiger partial charge in [-0.05, 0) is 25.2 Å². The number of amides is 1. The number of aliphatic hydroxyl groups excluding tert-OH is 1. The number of aliphatic hydroxyl groups is 1. The van der Waals surface area contributed by atoms with Crippen LogP contribution >= 0.6 is 0 Å². The second-order valence-corrected chi connectivity index (χ2v) is 4.64. The van der Waals surface area contributed by atoms with E-state index in [0.717, 1.165) is 38.8 Å². The van der Waals surface area contributed by atoms with E-state index >= 15 is 0 Å². The van der Waals surface area contributed by atoms with Gasteiger partial charge in [-0.15, -0.1) is 0 Å². The third kappa shape index (κ3) is 3.49. The molecule has 88 valence electrons. The highest BCUT2D eigenvalue weighted by Gasteiger charge is 2.27. The van der Waals surface area contributed by atoms with Crippen molar-refractivity contribution in [2.75, 3.05) is 19.7 Å². The maximum atomic E-state index is 11.9. The lowest BCUT2D eigenvalue weighted by Gasteiger charge is -2.20. The van der Waals surface area contributed by atoms with Crippen molar-refractivity contribution in [1.29, 1.82) is 0 Å². The van der Waals surface area contributed by atoms with Gasteiger partial charge in [-0.3, -0.25) is 4.79 Å². The van der Waals surface area contributed by atoms with E-state index < -0.39 is 0 Å². The second-order valence-electron chi connectivity index (χ2n) is 4.64. The third-order valence-corrected chi connectivity index (χ3v) is 3.28. The molecule has 1 N–H and O–H groups in total. The minimum Gasteiger partial charge on any atom is -0.396 e. The smallest absolute Gasteiger partial charge is 0.225 e. The van der Waals surface area contributed by atoms with Crippen LogP contribution in [-0.2, 0) is 4.79 Å². The van der Waals surface area contributed by atoms with Gasteiger partial charge < -0.3 is 10.0 Å². The molecular formula is C12H23NO2. The van der Waals surface area contributed by atoms with E-state index in [-0.39, 0.29) is 12.5 Å². The van der Waals surface area contributed by atoms with Crippen LogP contribution in [-0.4, -0.2) is 35.6 Å². The first kappa shape index (κ1) is 12.5. The Hall–Kier alpha value is -0.570. The summed E-state index contributed by atoms with van der Waals surface area (Å²) < 4.78 is 0. The van der Waals surface area contributed by atoms with Gasteiger partial charge >= 0.3 is 0 Å². The van der Waals surface area contributed by atoms with Crippen LogP contribution in [0.4, 0.5) is 0 Å². The molecule has 2 unspecified atom stereocenters. The second kappa shape index (κ2) is 6.11. The van der Waals surface area contributed by atoms with Gasteiger partial charge in [0.15, 0.2) is 0 Å². The normalized spacial score (nSPS) is 23.1. The van der Waals surface area contributed by atoms with Crippen molar-refractivity contribution in [3.63, 3.8) is 0 Å². The molecule has 0 saturated carbocycles. The number of likely N-dealkylation sites (tertiary alicyclic amines) is 1. The van der Waals surface area contributed by atoms with E-state index in [1.165, 1.54) is 0 Å². The minimum absolute atomic E-state index is 0.169. The maximum Gasteiger partial charge on any atom is 0.225 e. The van der Waals surface area contributed by atoms with Crippen molar-refractivity contribution >= 4 is 5.91 Å². The average Bonchev–Trinajstić information content (AvgIpc) is 2.66. The van der Waals surface area contributed by atoms with Crippen LogP contribution in [0.25, 0.3) is 0 Å². The van der Waals surface area contributed by atoms with Crippen LogP contribution in [0, 0.1) is 11.8 Å². The quantitative estimate of drug-likeness (QED) is 0.754. The molecular weight excluding hydrogens is 190 g/mol. The minimum atomic E-state index is 0.169. The highest BCUT2D eigenvalue weighted by atomic mass is 16.3. The van der Waals surface area contributed by atoms with Gasteiger partial charge in [-0.1, -0.05) is 20.3 Å². The highest BCUT2D eigenvalue weighted by molar-refractivity contribution is 5.78. The maximum absolute atomic E-state index is 11.9.